The monoisotopic (exact) mass is 495 g/mol. The minimum absolute atomic E-state index is 0.0925. The molecule has 0 amide bonds. The van der Waals surface area contributed by atoms with Crippen LogP contribution in [-0.2, 0) is 0 Å². The van der Waals surface area contributed by atoms with Crippen molar-refractivity contribution in [3.05, 3.63) is 54.6 Å². The molecule has 0 spiro atoms. The van der Waals surface area contributed by atoms with Gasteiger partial charge in [0, 0.05) is 23.3 Å². The van der Waals surface area contributed by atoms with Gasteiger partial charge in [0.2, 0.25) is 0 Å². The van der Waals surface area contributed by atoms with Crippen LogP contribution in [0.4, 0.5) is 5.69 Å². The smallest absolute Gasteiger partial charge is 0.123 e. The van der Waals surface area contributed by atoms with Gasteiger partial charge in [0.05, 0.1) is 49.7 Å². The molecule has 0 saturated carbocycles. The van der Waals surface area contributed by atoms with Gasteiger partial charge in [-0.15, -0.1) is 0 Å². The minimum atomic E-state index is 0.0925. The van der Waals surface area contributed by atoms with E-state index in [1.54, 1.807) is 40.2 Å². The number of thiocarbonyl (C=S) groups is 1. The van der Waals surface area contributed by atoms with Gasteiger partial charge in [-0.05, 0) is 49.2 Å². The van der Waals surface area contributed by atoms with Gasteiger partial charge in [0.15, 0.2) is 0 Å². The van der Waals surface area contributed by atoms with E-state index < -0.39 is 0 Å². The van der Waals surface area contributed by atoms with Gasteiger partial charge >= 0.3 is 0 Å². The maximum absolute atomic E-state index is 5.72. The van der Waals surface area contributed by atoms with Crippen LogP contribution in [0.25, 0.3) is 22.3 Å². The summed E-state index contributed by atoms with van der Waals surface area (Å²) in [6, 6.07) is 18.3. The van der Waals surface area contributed by atoms with Crippen molar-refractivity contribution < 1.29 is 18.9 Å². The molecule has 5 nitrogen and oxygen atoms in total. The standard InChI is InChI=1S/C27H29NO4S2/c1-16-27(33)34-17(2)28(16)26-24(18-10-20(29-3)14-21(11-18)30-4)8-7-9-25(26)19-12-22(31-5)15-23(13-19)32-6/h7-17H,1-6H3. The number of para-hydroxylation sites is 1. The molecular weight excluding hydrogens is 466 g/mol. The Bertz CT molecular complexity index is 1090. The fourth-order valence-electron chi connectivity index (χ4n) is 4.34. The summed E-state index contributed by atoms with van der Waals surface area (Å²) in [5.74, 6) is 2.95. The molecule has 0 radical (unpaired) electrons. The maximum Gasteiger partial charge on any atom is 0.123 e. The van der Waals surface area contributed by atoms with Gasteiger partial charge in [-0.2, -0.15) is 0 Å². The number of rotatable bonds is 7. The van der Waals surface area contributed by atoms with E-state index in [1.807, 2.05) is 36.4 Å². The molecule has 4 rings (SSSR count). The Hall–Kier alpha value is -2.90. The van der Waals surface area contributed by atoms with Crippen molar-refractivity contribution in [3.8, 4) is 45.3 Å². The first-order chi connectivity index (χ1) is 16.4. The minimum Gasteiger partial charge on any atom is -0.497 e. The highest BCUT2D eigenvalue weighted by atomic mass is 32.2. The normalized spacial score (nSPS) is 17.6. The number of thioether (sulfide) groups is 1. The highest BCUT2D eigenvalue weighted by Crippen LogP contribution is 2.48. The topological polar surface area (TPSA) is 40.2 Å². The van der Waals surface area contributed by atoms with Crippen LogP contribution >= 0.6 is 24.0 Å². The molecule has 3 aromatic carbocycles. The van der Waals surface area contributed by atoms with E-state index >= 15 is 0 Å². The lowest BCUT2D eigenvalue weighted by atomic mass is 9.93. The van der Waals surface area contributed by atoms with Crippen LogP contribution in [0, 0.1) is 0 Å². The Morgan fingerprint density at radius 3 is 1.44 bits per heavy atom. The van der Waals surface area contributed by atoms with E-state index in [4.69, 9.17) is 31.2 Å². The molecule has 178 valence electrons. The predicted octanol–water partition coefficient (Wildman–Crippen LogP) is 6.67. The third-order valence-electron chi connectivity index (χ3n) is 6.06. The second-order valence-corrected chi connectivity index (χ2v) is 10.1. The summed E-state index contributed by atoms with van der Waals surface area (Å²) in [5, 5.41) is 0.183. The van der Waals surface area contributed by atoms with Gasteiger partial charge in [0.1, 0.15) is 23.0 Å². The molecule has 2 atom stereocenters. The first kappa shape index (κ1) is 24.2. The summed E-state index contributed by atoms with van der Waals surface area (Å²) in [4.78, 5) is 2.40. The lowest BCUT2D eigenvalue weighted by Crippen LogP contribution is -2.34. The van der Waals surface area contributed by atoms with Crippen LogP contribution in [0.2, 0.25) is 0 Å². The van der Waals surface area contributed by atoms with E-state index in [1.165, 1.54) is 0 Å². The zero-order chi connectivity index (χ0) is 24.4. The molecule has 1 aliphatic heterocycles. The summed E-state index contributed by atoms with van der Waals surface area (Å²) in [6.07, 6.45) is 0. The van der Waals surface area contributed by atoms with Crippen LogP contribution in [0.5, 0.6) is 23.0 Å². The average Bonchev–Trinajstić information content (AvgIpc) is 3.13. The molecule has 0 aliphatic carbocycles. The third kappa shape index (κ3) is 4.55. The molecule has 1 heterocycles. The van der Waals surface area contributed by atoms with Crippen LogP contribution in [0.15, 0.2) is 54.6 Å². The molecule has 34 heavy (non-hydrogen) atoms. The summed E-state index contributed by atoms with van der Waals surface area (Å²) in [5.41, 5.74) is 5.25. The maximum atomic E-state index is 5.72. The van der Waals surface area contributed by atoms with Crippen LogP contribution in [0.3, 0.4) is 0 Å². The molecule has 0 aromatic heterocycles. The molecule has 0 N–H and O–H groups in total. The van der Waals surface area contributed by atoms with Crippen LogP contribution in [0.1, 0.15) is 13.8 Å². The molecule has 1 fully saturated rings. The van der Waals surface area contributed by atoms with Gasteiger partial charge in [-0.1, -0.05) is 42.2 Å². The van der Waals surface area contributed by atoms with Gasteiger partial charge in [0.25, 0.3) is 0 Å². The third-order valence-corrected chi connectivity index (χ3v) is 7.83. The van der Waals surface area contributed by atoms with E-state index in [2.05, 4.69) is 36.9 Å². The number of anilines is 1. The van der Waals surface area contributed by atoms with Crippen molar-refractivity contribution in [1.82, 2.24) is 0 Å². The predicted molar refractivity (Wildman–Crippen MR) is 145 cm³/mol. The Labute approximate surface area is 211 Å². The van der Waals surface area contributed by atoms with Crippen molar-refractivity contribution in [2.75, 3.05) is 33.3 Å². The number of benzene rings is 3. The molecule has 7 heteroatoms. The summed E-state index contributed by atoms with van der Waals surface area (Å²) >= 11 is 7.44. The lowest BCUT2D eigenvalue weighted by molar-refractivity contribution is 0.394. The van der Waals surface area contributed by atoms with Gasteiger partial charge < -0.3 is 23.8 Å². The van der Waals surface area contributed by atoms with Crippen LogP contribution in [-0.4, -0.2) is 44.1 Å². The lowest BCUT2D eigenvalue weighted by Gasteiger charge is -2.32. The van der Waals surface area contributed by atoms with Gasteiger partial charge in [-0.25, -0.2) is 0 Å². The molecule has 1 saturated heterocycles. The van der Waals surface area contributed by atoms with E-state index in [9.17, 15) is 0 Å². The Kier molecular flexibility index (Phi) is 7.24. The highest BCUT2D eigenvalue weighted by Gasteiger charge is 2.35. The number of hydrogen-bond acceptors (Lipinski definition) is 7. The van der Waals surface area contributed by atoms with E-state index in [-0.39, 0.29) is 11.4 Å². The Balaban J connectivity index is 2.03. The molecule has 3 aromatic rings. The first-order valence-corrected chi connectivity index (χ1v) is 12.3. The quantitative estimate of drug-likeness (QED) is 0.339. The fraction of sp³-hybridized carbons (Fsp3) is 0.296. The average molecular weight is 496 g/mol. The van der Waals surface area contributed by atoms with Crippen molar-refractivity contribution >= 4 is 33.9 Å². The molecule has 1 aliphatic rings. The van der Waals surface area contributed by atoms with Crippen molar-refractivity contribution in [1.29, 1.82) is 0 Å². The van der Waals surface area contributed by atoms with E-state index in [0.717, 1.165) is 55.1 Å². The van der Waals surface area contributed by atoms with Crippen LogP contribution < -0.4 is 23.8 Å². The van der Waals surface area contributed by atoms with E-state index in [0.29, 0.717) is 0 Å². The summed E-state index contributed by atoms with van der Waals surface area (Å²) in [6.45, 7) is 4.36. The Morgan fingerprint density at radius 1 is 0.706 bits per heavy atom. The number of ether oxygens (including phenoxy) is 4. The largest absolute Gasteiger partial charge is 0.497 e. The molecule has 2 unspecified atom stereocenters. The van der Waals surface area contributed by atoms with Crippen molar-refractivity contribution in [2.45, 2.75) is 25.3 Å². The number of hydrogen-bond donors (Lipinski definition) is 0. The Morgan fingerprint density at radius 2 is 1.12 bits per heavy atom. The van der Waals surface area contributed by atoms with Crippen molar-refractivity contribution in [2.24, 2.45) is 0 Å². The van der Waals surface area contributed by atoms with Gasteiger partial charge in [-0.3, -0.25) is 0 Å². The zero-order valence-corrected chi connectivity index (χ0v) is 21.9. The van der Waals surface area contributed by atoms with Crippen molar-refractivity contribution in [3.63, 3.8) is 0 Å². The summed E-state index contributed by atoms with van der Waals surface area (Å²) in [7, 11) is 6.66. The summed E-state index contributed by atoms with van der Waals surface area (Å²) < 4.78 is 23.3. The SMILES string of the molecule is COc1cc(OC)cc(-c2cccc(-c3cc(OC)cc(OC)c3)c2N2C(C)SC(=S)C2C)c1. The first-order valence-electron chi connectivity index (χ1n) is 11.0. The highest BCUT2D eigenvalue weighted by molar-refractivity contribution is 8.24. The second kappa shape index (κ2) is 10.2. The number of nitrogens with zero attached hydrogens (tertiary/aromatic N) is 1. The fourth-order valence-corrected chi connectivity index (χ4v) is 5.92. The molecule has 0 bridgehead atoms. The zero-order valence-electron chi connectivity index (χ0n) is 20.2. The second-order valence-electron chi connectivity index (χ2n) is 8.02. The molecular formula is C27H29NO4S2. The number of methoxy groups -OCH3 is 4.